The number of nitrogens with one attached hydrogen (secondary N) is 1. The van der Waals surface area contributed by atoms with Crippen molar-refractivity contribution in [3.63, 3.8) is 0 Å². The Kier molecular flexibility index (Phi) is 5.62. The van der Waals surface area contributed by atoms with Crippen molar-refractivity contribution in [3.05, 3.63) is 62.8 Å². The maximum absolute atomic E-state index is 13.8. The minimum atomic E-state index is -0.425. The molecule has 0 aliphatic carbocycles. The van der Waals surface area contributed by atoms with Crippen LogP contribution in [0.3, 0.4) is 0 Å². The molecule has 2 aromatic carbocycles. The summed E-state index contributed by atoms with van der Waals surface area (Å²) in [7, 11) is 1.61. The van der Waals surface area contributed by atoms with Gasteiger partial charge in [-0.1, -0.05) is 46.6 Å². The predicted octanol–water partition coefficient (Wildman–Crippen LogP) is 4.95. The first-order valence-electron chi connectivity index (χ1n) is 6.59. The Morgan fingerprint density at radius 2 is 2.05 bits per heavy atom. The molecule has 0 bridgehead atoms. The SMILES string of the molecule is CCNC(c1cc(Br)ccc1OC)c1cccc(F)c1Cl. The number of hydrogen-bond donors (Lipinski definition) is 1. The number of rotatable bonds is 5. The Labute approximate surface area is 137 Å². The molecule has 21 heavy (non-hydrogen) atoms. The van der Waals surface area contributed by atoms with Crippen LogP contribution in [0.15, 0.2) is 40.9 Å². The third-order valence-corrected chi connectivity index (χ3v) is 4.10. The van der Waals surface area contributed by atoms with Crippen molar-refractivity contribution < 1.29 is 9.13 Å². The molecule has 5 heteroatoms. The molecule has 1 atom stereocenters. The van der Waals surface area contributed by atoms with Crippen LogP contribution in [0, 0.1) is 5.82 Å². The molecule has 0 saturated heterocycles. The van der Waals surface area contributed by atoms with E-state index in [2.05, 4.69) is 21.2 Å². The molecule has 1 unspecified atom stereocenters. The summed E-state index contributed by atoms with van der Waals surface area (Å²) in [5.74, 6) is 0.301. The van der Waals surface area contributed by atoms with E-state index >= 15 is 0 Å². The minimum absolute atomic E-state index is 0.130. The van der Waals surface area contributed by atoms with Gasteiger partial charge in [-0.2, -0.15) is 0 Å². The average Bonchev–Trinajstić information content (AvgIpc) is 2.48. The Bertz CT molecular complexity index is 636. The first-order valence-corrected chi connectivity index (χ1v) is 7.76. The lowest BCUT2D eigenvalue weighted by Gasteiger charge is -2.22. The fraction of sp³-hybridized carbons (Fsp3) is 0.250. The normalized spacial score (nSPS) is 12.2. The monoisotopic (exact) mass is 371 g/mol. The van der Waals surface area contributed by atoms with Gasteiger partial charge in [0, 0.05) is 10.0 Å². The van der Waals surface area contributed by atoms with Gasteiger partial charge in [-0.25, -0.2) is 4.39 Å². The third-order valence-electron chi connectivity index (χ3n) is 3.20. The molecule has 0 aromatic heterocycles. The van der Waals surface area contributed by atoms with Crippen LogP contribution in [-0.2, 0) is 0 Å². The van der Waals surface area contributed by atoms with Crippen LogP contribution in [0.25, 0.3) is 0 Å². The standard InChI is InChI=1S/C16H16BrClFNO/c1-3-20-16(11-5-4-6-13(19)15(11)18)12-9-10(17)7-8-14(12)21-2/h4-9,16,20H,3H2,1-2H3. The molecule has 0 fully saturated rings. The highest BCUT2D eigenvalue weighted by molar-refractivity contribution is 9.10. The summed E-state index contributed by atoms with van der Waals surface area (Å²) in [5, 5.41) is 3.46. The van der Waals surface area contributed by atoms with Crippen molar-refractivity contribution in [3.8, 4) is 5.75 Å². The van der Waals surface area contributed by atoms with E-state index in [0.29, 0.717) is 12.1 Å². The highest BCUT2D eigenvalue weighted by atomic mass is 79.9. The van der Waals surface area contributed by atoms with Crippen molar-refractivity contribution in [1.29, 1.82) is 0 Å². The van der Waals surface area contributed by atoms with Gasteiger partial charge in [0.2, 0.25) is 0 Å². The van der Waals surface area contributed by atoms with Gasteiger partial charge < -0.3 is 10.1 Å². The molecule has 112 valence electrons. The predicted molar refractivity (Wildman–Crippen MR) is 87.6 cm³/mol. The summed E-state index contributed by atoms with van der Waals surface area (Å²) in [5.41, 5.74) is 1.59. The second kappa shape index (κ2) is 7.25. The van der Waals surface area contributed by atoms with E-state index in [1.54, 1.807) is 13.2 Å². The molecule has 2 rings (SSSR count). The van der Waals surface area contributed by atoms with Crippen LogP contribution in [-0.4, -0.2) is 13.7 Å². The number of ether oxygens (including phenoxy) is 1. The van der Waals surface area contributed by atoms with Crippen LogP contribution in [0.1, 0.15) is 24.1 Å². The number of benzene rings is 2. The number of halogens is 3. The topological polar surface area (TPSA) is 21.3 Å². The van der Waals surface area contributed by atoms with E-state index in [1.165, 1.54) is 6.07 Å². The van der Waals surface area contributed by atoms with Gasteiger partial charge in [0.05, 0.1) is 18.2 Å². The maximum Gasteiger partial charge on any atom is 0.142 e. The lowest BCUT2D eigenvalue weighted by atomic mass is 9.97. The Hall–Kier alpha value is -1.10. The van der Waals surface area contributed by atoms with Crippen molar-refractivity contribution in [2.45, 2.75) is 13.0 Å². The van der Waals surface area contributed by atoms with Crippen molar-refractivity contribution in [1.82, 2.24) is 5.32 Å². The molecule has 0 heterocycles. The summed E-state index contributed by atoms with van der Waals surface area (Å²) < 4.78 is 20.1. The van der Waals surface area contributed by atoms with Crippen LogP contribution in [0.4, 0.5) is 4.39 Å². The zero-order chi connectivity index (χ0) is 15.4. The van der Waals surface area contributed by atoms with Gasteiger partial charge >= 0.3 is 0 Å². The molecular formula is C16H16BrClFNO. The van der Waals surface area contributed by atoms with E-state index in [-0.39, 0.29) is 11.1 Å². The third kappa shape index (κ3) is 3.57. The fourth-order valence-electron chi connectivity index (χ4n) is 2.27. The summed E-state index contributed by atoms with van der Waals surface area (Å²) in [6, 6.07) is 10.3. The Balaban J connectivity index is 2.58. The molecule has 0 aliphatic heterocycles. The highest BCUT2D eigenvalue weighted by Crippen LogP contribution is 2.36. The van der Waals surface area contributed by atoms with Crippen LogP contribution < -0.4 is 10.1 Å². The molecule has 2 nitrogen and oxygen atoms in total. The highest BCUT2D eigenvalue weighted by Gasteiger charge is 2.21. The van der Waals surface area contributed by atoms with E-state index in [1.807, 2.05) is 31.2 Å². The lowest BCUT2D eigenvalue weighted by molar-refractivity contribution is 0.404. The summed E-state index contributed by atoms with van der Waals surface area (Å²) in [6.45, 7) is 2.71. The summed E-state index contributed by atoms with van der Waals surface area (Å²) in [6.07, 6.45) is 0. The largest absolute Gasteiger partial charge is 0.496 e. The van der Waals surface area contributed by atoms with E-state index in [9.17, 15) is 4.39 Å². The van der Waals surface area contributed by atoms with Crippen molar-refractivity contribution >= 4 is 27.5 Å². The fourth-order valence-corrected chi connectivity index (χ4v) is 2.88. The molecule has 0 saturated carbocycles. The molecule has 0 amide bonds. The molecule has 2 aromatic rings. The van der Waals surface area contributed by atoms with E-state index in [0.717, 1.165) is 15.8 Å². The quantitative estimate of drug-likeness (QED) is 0.802. The minimum Gasteiger partial charge on any atom is -0.496 e. The average molecular weight is 373 g/mol. The van der Waals surface area contributed by atoms with Gasteiger partial charge in [0.1, 0.15) is 11.6 Å². The Morgan fingerprint density at radius 3 is 2.71 bits per heavy atom. The zero-order valence-electron chi connectivity index (χ0n) is 11.8. The molecule has 0 spiro atoms. The summed E-state index contributed by atoms with van der Waals surface area (Å²) in [4.78, 5) is 0. The van der Waals surface area contributed by atoms with Gasteiger partial charge in [0.15, 0.2) is 0 Å². The van der Waals surface area contributed by atoms with Crippen LogP contribution in [0.2, 0.25) is 5.02 Å². The van der Waals surface area contributed by atoms with Gasteiger partial charge in [-0.3, -0.25) is 0 Å². The maximum atomic E-state index is 13.8. The van der Waals surface area contributed by atoms with Crippen molar-refractivity contribution in [2.75, 3.05) is 13.7 Å². The molecule has 0 aliphatic rings. The van der Waals surface area contributed by atoms with Crippen LogP contribution in [0.5, 0.6) is 5.75 Å². The second-order valence-corrected chi connectivity index (χ2v) is 5.81. The molecular weight excluding hydrogens is 357 g/mol. The van der Waals surface area contributed by atoms with E-state index < -0.39 is 5.82 Å². The van der Waals surface area contributed by atoms with Crippen molar-refractivity contribution in [2.24, 2.45) is 0 Å². The first-order chi connectivity index (χ1) is 10.1. The lowest BCUT2D eigenvalue weighted by Crippen LogP contribution is -2.23. The van der Waals surface area contributed by atoms with Gasteiger partial charge in [0.25, 0.3) is 0 Å². The first kappa shape index (κ1) is 16.3. The van der Waals surface area contributed by atoms with E-state index in [4.69, 9.17) is 16.3 Å². The second-order valence-electron chi connectivity index (χ2n) is 4.52. The zero-order valence-corrected chi connectivity index (χ0v) is 14.1. The van der Waals surface area contributed by atoms with Gasteiger partial charge in [-0.05, 0) is 36.4 Å². The smallest absolute Gasteiger partial charge is 0.142 e. The molecule has 1 N–H and O–H groups in total. The summed E-state index contributed by atoms with van der Waals surface area (Å²) >= 11 is 9.60. The number of hydrogen-bond acceptors (Lipinski definition) is 2. The van der Waals surface area contributed by atoms with Gasteiger partial charge in [-0.15, -0.1) is 0 Å². The van der Waals surface area contributed by atoms with Crippen LogP contribution >= 0.6 is 27.5 Å². The molecule has 0 radical (unpaired) electrons. The Morgan fingerprint density at radius 1 is 1.29 bits per heavy atom. The number of methoxy groups -OCH3 is 1.